The number of H-pyrrole nitrogens is 1. The van der Waals surface area contributed by atoms with Crippen molar-refractivity contribution in [3.63, 3.8) is 0 Å². The van der Waals surface area contributed by atoms with Crippen LogP contribution in [0.5, 0.6) is 5.75 Å². The molecule has 0 saturated carbocycles. The number of ether oxygens (including phenoxy) is 1. The van der Waals surface area contributed by atoms with Gasteiger partial charge in [0.2, 0.25) is 21.5 Å². The lowest BCUT2D eigenvalue weighted by Gasteiger charge is -2.09. The van der Waals surface area contributed by atoms with Crippen molar-refractivity contribution >= 4 is 26.8 Å². The molecule has 2 aromatic carbocycles. The first kappa shape index (κ1) is 20.6. The highest BCUT2D eigenvalue weighted by Gasteiger charge is 2.15. The van der Waals surface area contributed by atoms with Crippen LogP contribution in [-0.2, 0) is 21.4 Å². The molecule has 29 heavy (non-hydrogen) atoms. The Kier molecular flexibility index (Phi) is 6.30. The number of pyridine rings is 1. The summed E-state index contributed by atoms with van der Waals surface area (Å²) in [6.07, 6.45) is 0.0102. The fourth-order valence-corrected chi connectivity index (χ4v) is 3.78. The molecule has 1 aromatic heterocycles. The van der Waals surface area contributed by atoms with Crippen LogP contribution in [0.2, 0.25) is 0 Å². The maximum atomic E-state index is 12.4. The highest BCUT2D eigenvalue weighted by Crippen LogP contribution is 2.16. The molecule has 3 aromatic rings. The number of nitrogens with one attached hydrogen (secondary N) is 3. The maximum Gasteiger partial charge on any atom is 0.248 e. The lowest BCUT2D eigenvalue weighted by molar-refractivity contribution is -0.121. The number of rotatable bonds is 8. The Morgan fingerprint density at radius 1 is 1.07 bits per heavy atom. The zero-order valence-electron chi connectivity index (χ0n) is 15.8. The molecule has 3 N–H and O–H groups in total. The smallest absolute Gasteiger partial charge is 0.248 e. The normalized spacial score (nSPS) is 11.3. The predicted molar refractivity (Wildman–Crippen MR) is 109 cm³/mol. The van der Waals surface area contributed by atoms with E-state index in [4.69, 9.17) is 4.74 Å². The van der Waals surface area contributed by atoms with E-state index in [1.807, 2.05) is 12.1 Å². The Morgan fingerprint density at radius 2 is 1.83 bits per heavy atom. The van der Waals surface area contributed by atoms with E-state index in [1.165, 1.54) is 24.3 Å². The second-order valence-corrected chi connectivity index (χ2v) is 8.11. The van der Waals surface area contributed by atoms with Crippen molar-refractivity contribution in [3.05, 3.63) is 70.5 Å². The molecule has 0 atom stereocenters. The minimum absolute atomic E-state index is 0.0102. The van der Waals surface area contributed by atoms with E-state index >= 15 is 0 Å². The first-order chi connectivity index (χ1) is 13.9. The molecular formula is C20H21N3O5S. The molecule has 0 bridgehead atoms. The summed E-state index contributed by atoms with van der Waals surface area (Å²) in [4.78, 5) is 26.0. The van der Waals surface area contributed by atoms with Gasteiger partial charge in [-0.1, -0.05) is 12.1 Å². The van der Waals surface area contributed by atoms with Gasteiger partial charge < -0.3 is 15.0 Å². The molecule has 0 unspecified atom stereocenters. The number of amides is 1. The zero-order chi connectivity index (χ0) is 20.9. The monoisotopic (exact) mass is 415 g/mol. The van der Waals surface area contributed by atoms with Crippen LogP contribution in [0.25, 0.3) is 10.9 Å². The van der Waals surface area contributed by atoms with Crippen molar-refractivity contribution < 1.29 is 17.9 Å². The molecule has 0 fully saturated rings. The van der Waals surface area contributed by atoms with Gasteiger partial charge in [-0.05, 0) is 47.3 Å². The third kappa shape index (κ3) is 5.43. The highest BCUT2D eigenvalue weighted by atomic mass is 32.2. The van der Waals surface area contributed by atoms with Crippen molar-refractivity contribution in [3.8, 4) is 5.75 Å². The second-order valence-electron chi connectivity index (χ2n) is 6.34. The lowest BCUT2D eigenvalue weighted by Crippen LogP contribution is -2.30. The van der Waals surface area contributed by atoms with Gasteiger partial charge in [0.15, 0.2) is 0 Å². The second kappa shape index (κ2) is 8.89. The van der Waals surface area contributed by atoms with Crippen molar-refractivity contribution in [2.75, 3.05) is 13.7 Å². The molecule has 0 aliphatic carbocycles. The molecule has 0 saturated heterocycles. The van der Waals surface area contributed by atoms with E-state index in [2.05, 4.69) is 15.0 Å². The van der Waals surface area contributed by atoms with Crippen LogP contribution in [0.4, 0.5) is 0 Å². The van der Waals surface area contributed by atoms with Crippen LogP contribution in [0.15, 0.2) is 64.3 Å². The number of benzene rings is 2. The Bertz CT molecular complexity index is 1170. The summed E-state index contributed by atoms with van der Waals surface area (Å²) in [7, 11) is -2.19. The molecule has 0 aliphatic heterocycles. The first-order valence-electron chi connectivity index (χ1n) is 8.90. The summed E-state index contributed by atoms with van der Waals surface area (Å²) >= 11 is 0. The molecule has 0 radical (unpaired) electrons. The summed E-state index contributed by atoms with van der Waals surface area (Å²) < 4.78 is 32.4. The number of hydrogen-bond acceptors (Lipinski definition) is 5. The SMILES string of the molecule is COc1ccc(CNC(=O)CCNS(=O)(=O)c2ccc3[nH]c(=O)ccc3c2)cc1. The molecule has 8 nitrogen and oxygen atoms in total. The molecule has 3 rings (SSSR count). The van der Waals surface area contributed by atoms with Crippen LogP contribution in [0.1, 0.15) is 12.0 Å². The topological polar surface area (TPSA) is 117 Å². The average molecular weight is 415 g/mol. The fraction of sp³-hybridized carbons (Fsp3) is 0.200. The number of aromatic nitrogens is 1. The molecule has 0 aliphatic rings. The van der Waals surface area contributed by atoms with Gasteiger partial charge in [0.1, 0.15) is 5.75 Å². The van der Waals surface area contributed by atoms with Crippen LogP contribution in [0.3, 0.4) is 0 Å². The number of fused-ring (bicyclic) bond motifs is 1. The first-order valence-corrected chi connectivity index (χ1v) is 10.4. The van der Waals surface area contributed by atoms with Gasteiger partial charge in [0, 0.05) is 31.1 Å². The lowest BCUT2D eigenvalue weighted by atomic mass is 10.2. The fourth-order valence-electron chi connectivity index (χ4n) is 2.71. The Hall–Kier alpha value is -3.17. The maximum absolute atomic E-state index is 12.4. The van der Waals surface area contributed by atoms with Gasteiger partial charge in [0.05, 0.1) is 12.0 Å². The summed E-state index contributed by atoms with van der Waals surface area (Å²) in [5, 5.41) is 3.35. The molecule has 152 valence electrons. The summed E-state index contributed by atoms with van der Waals surface area (Å²) in [6.45, 7) is 0.318. The largest absolute Gasteiger partial charge is 0.497 e. The predicted octanol–water partition coefficient (Wildman–Crippen LogP) is 1.52. The van der Waals surface area contributed by atoms with Crippen LogP contribution in [0, 0.1) is 0 Å². The third-order valence-corrected chi connectivity index (χ3v) is 5.76. The third-order valence-electron chi connectivity index (χ3n) is 4.30. The van der Waals surface area contributed by atoms with Gasteiger partial charge in [-0.3, -0.25) is 9.59 Å². The number of methoxy groups -OCH3 is 1. The number of sulfonamides is 1. The number of hydrogen-bond donors (Lipinski definition) is 3. The Labute approximate surface area is 168 Å². The minimum atomic E-state index is -3.77. The Morgan fingerprint density at radius 3 is 2.55 bits per heavy atom. The average Bonchev–Trinajstić information content (AvgIpc) is 2.72. The molecule has 0 spiro atoms. The van der Waals surface area contributed by atoms with Crippen LogP contribution < -0.4 is 20.3 Å². The number of carbonyl (C=O) groups excluding carboxylic acids is 1. The minimum Gasteiger partial charge on any atom is -0.497 e. The quantitative estimate of drug-likeness (QED) is 0.516. The molecular weight excluding hydrogens is 394 g/mol. The van der Waals surface area contributed by atoms with E-state index in [0.29, 0.717) is 17.4 Å². The van der Waals surface area contributed by atoms with Gasteiger partial charge >= 0.3 is 0 Å². The number of carbonyl (C=O) groups is 1. The van der Waals surface area contributed by atoms with Crippen molar-refractivity contribution in [1.29, 1.82) is 0 Å². The van der Waals surface area contributed by atoms with Crippen LogP contribution in [-0.4, -0.2) is 33.0 Å². The Balaban J connectivity index is 1.52. The van der Waals surface area contributed by atoms with Gasteiger partial charge in [0.25, 0.3) is 0 Å². The van der Waals surface area contributed by atoms with Crippen molar-refractivity contribution in [2.24, 2.45) is 0 Å². The summed E-state index contributed by atoms with van der Waals surface area (Å²) in [5.41, 5.74) is 1.20. The van der Waals surface area contributed by atoms with E-state index in [0.717, 1.165) is 11.3 Å². The molecule has 1 heterocycles. The summed E-state index contributed by atoms with van der Waals surface area (Å²) in [6, 6.07) is 14.6. The zero-order valence-corrected chi connectivity index (χ0v) is 16.6. The molecule has 9 heteroatoms. The van der Waals surface area contributed by atoms with E-state index in [9.17, 15) is 18.0 Å². The van der Waals surface area contributed by atoms with Crippen molar-refractivity contribution in [2.45, 2.75) is 17.9 Å². The van der Waals surface area contributed by atoms with E-state index in [1.54, 1.807) is 25.3 Å². The van der Waals surface area contributed by atoms with Gasteiger partial charge in [-0.15, -0.1) is 0 Å². The summed E-state index contributed by atoms with van der Waals surface area (Å²) in [5.74, 6) is 0.467. The standard InChI is InChI=1S/C20H21N3O5S/c1-28-16-5-2-14(3-6-16)13-21-19(24)10-11-22-29(26,27)17-7-8-18-15(12-17)4-9-20(25)23-18/h2-9,12,22H,10-11,13H2,1H3,(H,21,24)(H,23,25). The van der Waals surface area contributed by atoms with Crippen molar-refractivity contribution in [1.82, 2.24) is 15.0 Å². The van der Waals surface area contributed by atoms with Crippen LogP contribution >= 0.6 is 0 Å². The molecule has 1 amide bonds. The van der Waals surface area contributed by atoms with Gasteiger partial charge in [-0.2, -0.15) is 0 Å². The van der Waals surface area contributed by atoms with E-state index in [-0.39, 0.29) is 29.3 Å². The van der Waals surface area contributed by atoms with E-state index < -0.39 is 10.0 Å². The van der Waals surface area contributed by atoms with Gasteiger partial charge in [-0.25, -0.2) is 13.1 Å². The number of aromatic amines is 1. The highest BCUT2D eigenvalue weighted by molar-refractivity contribution is 7.89.